The molecule has 13 heavy (non-hydrogen) atoms. The quantitative estimate of drug-likeness (QED) is 0.521. The van der Waals surface area contributed by atoms with E-state index >= 15 is 0 Å². The summed E-state index contributed by atoms with van der Waals surface area (Å²) in [5.41, 5.74) is 0. The van der Waals surface area contributed by atoms with Crippen LogP contribution in [0, 0.1) is 0 Å². The van der Waals surface area contributed by atoms with Gasteiger partial charge < -0.3 is 10.1 Å². The highest BCUT2D eigenvalue weighted by Gasteiger charge is 2.25. The topological polar surface area (TPSA) is 21.3 Å². The Morgan fingerprint density at radius 3 is 2.46 bits per heavy atom. The molecule has 0 fully saturated rings. The van der Waals surface area contributed by atoms with Crippen LogP contribution in [0.25, 0.3) is 0 Å². The molecule has 0 aromatic carbocycles. The van der Waals surface area contributed by atoms with Crippen molar-refractivity contribution in [1.29, 1.82) is 0 Å². The Kier molecular flexibility index (Phi) is 7.41. The molecule has 0 atom stereocenters. The van der Waals surface area contributed by atoms with E-state index in [0.717, 1.165) is 0 Å². The molecule has 6 heteroatoms. The van der Waals surface area contributed by atoms with Crippen LogP contribution in [-0.4, -0.2) is 38.4 Å². The van der Waals surface area contributed by atoms with E-state index in [2.05, 4.69) is 5.32 Å². The molecule has 0 aliphatic heterocycles. The molecule has 0 unspecified atom stereocenters. The predicted octanol–water partition coefficient (Wildman–Crippen LogP) is 1.78. The lowest BCUT2D eigenvalue weighted by Crippen LogP contribution is -2.29. The largest absolute Gasteiger partial charge is 0.401 e. The summed E-state index contributed by atoms with van der Waals surface area (Å²) in [6.07, 6.45) is -3.57. The zero-order chi connectivity index (χ0) is 10.2. The molecule has 0 radical (unpaired) electrons. The standard InChI is InChI=1S/C7H13ClF3NO/c8-2-5-13-4-1-3-12-6-7(9,10)11/h12H,1-6H2. The fraction of sp³-hybridized carbons (Fsp3) is 1.00. The number of hydrogen-bond acceptors (Lipinski definition) is 2. The molecule has 0 aliphatic rings. The Morgan fingerprint density at radius 2 is 1.92 bits per heavy atom. The molecular weight excluding hydrogens is 207 g/mol. The molecule has 0 saturated carbocycles. The van der Waals surface area contributed by atoms with Gasteiger partial charge in [0.15, 0.2) is 0 Å². The van der Waals surface area contributed by atoms with Gasteiger partial charge in [-0.25, -0.2) is 0 Å². The Hall–Kier alpha value is 0. The van der Waals surface area contributed by atoms with Gasteiger partial charge in [-0.15, -0.1) is 11.6 Å². The van der Waals surface area contributed by atoms with E-state index in [1.165, 1.54) is 0 Å². The summed E-state index contributed by atoms with van der Waals surface area (Å²) in [5.74, 6) is 0.413. The lowest BCUT2D eigenvalue weighted by molar-refractivity contribution is -0.124. The molecular formula is C7H13ClF3NO. The zero-order valence-electron chi connectivity index (χ0n) is 7.16. The molecule has 0 rings (SSSR count). The van der Waals surface area contributed by atoms with Gasteiger partial charge in [-0.05, 0) is 13.0 Å². The lowest BCUT2D eigenvalue weighted by Gasteiger charge is -2.07. The smallest absolute Gasteiger partial charge is 0.380 e. The molecule has 0 aromatic heterocycles. The van der Waals surface area contributed by atoms with Crippen molar-refractivity contribution in [3.8, 4) is 0 Å². The second-order valence-electron chi connectivity index (χ2n) is 2.45. The second-order valence-corrected chi connectivity index (χ2v) is 2.82. The van der Waals surface area contributed by atoms with Gasteiger partial charge in [0.05, 0.1) is 13.2 Å². The Labute approximate surface area is 80.4 Å². The molecule has 80 valence electrons. The molecule has 0 amide bonds. The maximum atomic E-state index is 11.6. The van der Waals surface area contributed by atoms with Crippen LogP contribution in [0.5, 0.6) is 0 Å². The van der Waals surface area contributed by atoms with Crippen LogP contribution in [0.3, 0.4) is 0 Å². The zero-order valence-corrected chi connectivity index (χ0v) is 7.92. The third-order valence-electron chi connectivity index (χ3n) is 1.19. The summed E-state index contributed by atoms with van der Waals surface area (Å²) in [6.45, 7) is 0.253. The number of halogens is 4. The summed E-state index contributed by atoms with van der Waals surface area (Å²) in [5, 5.41) is 2.26. The van der Waals surface area contributed by atoms with E-state index < -0.39 is 12.7 Å². The second kappa shape index (κ2) is 7.41. The van der Waals surface area contributed by atoms with E-state index in [1.807, 2.05) is 0 Å². The van der Waals surface area contributed by atoms with Crippen molar-refractivity contribution in [1.82, 2.24) is 5.32 Å². The first kappa shape index (κ1) is 13.0. The van der Waals surface area contributed by atoms with Gasteiger partial charge in [0, 0.05) is 12.5 Å². The van der Waals surface area contributed by atoms with Gasteiger partial charge in [0.2, 0.25) is 0 Å². The number of alkyl halides is 4. The van der Waals surface area contributed by atoms with Crippen molar-refractivity contribution in [2.75, 3.05) is 32.2 Å². The van der Waals surface area contributed by atoms with E-state index in [9.17, 15) is 13.2 Å². The van der Waals surface area contributed by atoms with Gasteiger partial charge in [-0.3, -0.25) is 0 Å². The fourth-order valence-electron chi connectivity index (χ4n) is 0.686. The number of nitrogens with one attached hydrogen (secondary N) is 1. The maximum absolute atomic E-state index is 11.6. The van der Waals surface area contributed by atoms with Gasteiger partial charge in [-0.2, -0.15) is 13.2 Å². The molecule has 0 aromatic rings. The van der Waals surface area contributed by atoms with Crippen LogP contribution in [0.15, 0.2) is 0 Å². The molecule has 0 heterocycles. The number of hydrogen-bond donors (Lipinski definition) is 1. The van der Waals surface area contributed by atoms with Crippen LogP contribution in [-0.2, 0) is 4.74 Å². The Morgan fingerprint density at radius 1 is 1.23 bits per heavy atom. The fourth-order valence-corrected chi connectivity index (χ4v) is 0.795. The Bertz CT molecular complexity index is 121. The summed E-state index contributed by atoms with van der Waals surface area (Å²) >= 11 is 5.31. The van der Waals surface area contributed by atoms with Gasteiger partial charge >= 0.3 is 6.18 Å². The van der Waals surface area contributed by atoms with Crippen LogP contribution in [0.1, 0.15) is 6.42 Å². The third kappa shape index (κ3) is 12.0. The SMILES string of the molecule is FC(F)(F)CNCCCOCCCl. The molecule has 2 nitrogen and oxygen atoms in total. The van der Waals surface area contributed by atoms with E-state index in [0.29, 0.717) is 32.1 Å². The van der Waals surface area contributed by atoms with Crippen LogP contribution in [0.2, 0.25) is 0 Å². The summed E-state index contributed by atoms with van der Waals surface area (Å²) in [6, 6.07) is 0. The van der Waals surface area contributed by atoms with Gasteiger partial charge in [-0.1, -0.05) is 0 Å². The Balaban J connectivity index is 3.00. The van der Waals surface area contributed by atoms with Crippen molar-refractivity contribution in [3.05, 3.63) is 0 Å². The van der Waals surface area contributed by atoms with Crippen LogP contribution < -0.4 is 5.32 Å². The lowest BCUT2D eigenvalue weighted by atomic mass is 10.4. The van der Waals surface area contributed by atoms with Crippen molar-refractivity contribution in [2.45, 2.75) is 12.6 Å². The minimum atomic E-state index is -4.13. The van der Waals surface area contributed by atoms with Crippen molar-refractivity contribution in [2.24, 2.45) is 0 Å². The van der Waals surface area contributed by atoms with E-state index in [-0.39, 0.29) is 0 Å². The van der Waals surface area contributed by atoms with Gasteiger partial charge in [0.1, 0.15) is 0 Å². The van der Waals surface area contributed by atoms with Crippen molar-refractivity contribution >= 4 is 11.6 Å². The molecule has 0 saturated heterocycles. The maximum Gasteiger partial charge on any atom is 0.401 e. The highest BCUT2D eigenvalue weighted by molar-refractivity contribution is 6.17. The predicted molar refractivity (Wildman–Crippen MR) is 45.1 cm³/mol. The van der Waals surface area contributed by atoms with Gasteiger partial charge in [0.25, 0.3) is 0 Å². The summed E-state index contributed by atoms with van der Waals surface area (Å²) < 4.78 is 39.7. The highest BCUT2D eigenvalue weighted by atomic mass is 35.5. The van der Waals surface area contributed by atoms with E-state index in [4.69, 9.17) is 16.3 Å². The van der Waals surface area contributed by atoms with E-state index in [1.54, 1.807) is 0 Å². The summed E-state index contributed by atoms with van der Waals surface area (Å²) in [7, 11) is 0. The molecule has 0 aliphatic carbocycles. The monoisotopic (exact) mass is 219 g/mol. The minimum absolute atomic E-state index is 0.307. The minimum Gasteiger partial charge on any atom is -0.380 e. The first-order valence-electron chi connectivity index (χ1n) is 3.97. The molecule has 0 bridgehead atoms. The first-order chi connectivity index (χ1) is 6.06. The summed E-state index contributed by atoms with van der Waals surface area (Å²) in [4.78, 5) is 0. The molecule has 1 N–H and O–H groups in total. The van der Waals surface area contributed by atoms with Crippen LogP contribution in [0.4, 0.5) is 13.2 Å². The first-order valence-corrected chi connectivity index (χ1v) is 4.51. The van der Waals surface area contributed by atoms with Crippen molar-refractivity contribution < 1.29 is 17.9 Å². The molecule has 0 spiro atoms. The average molecular weight is 220 g/mol. The van der Waals surface area contributed by atoms with Crippen molar-refractivity contribution in [3.63, 3.8) is 0 Å². The highest BCUT2D eigenvalue weighted by Crippen LogP contribution is 2.11. The third-order valence-corrected chi connectivity index (χ3v) is 1.34. The van der Waals surface area contributed by atoms with Crippen LogP contribution >= 0.6 is 11.6 Å². The average Bonchev–Trinajstić information content (AvgIpc) is 2.01. The normalized spacial score (nSPS) is 12.0. The number of ether oxygens (including phenoxy) is 1. The number of rotatable bonds is 7.